The minimum Gasteiger partial charge on any atom is -0.315 e. The number of nitrogens with zero attached hydrogens (tertiary/aromatic N) is 12. The van der Waals surface area contributed by atoms with Gasteiger partial charge >= 0.3 is 24.7 Å². The van der Waals surface area contributed by atoms with Crippen LogP contribution in [-0.4, -0.2) is 114 Å². The maximum Gasteiger partial charge on any atom is 0.435 e. The largest absolute Gasteiger partial charge is 0.435 e. The Balaban J connectivity index is 0.000000158. The molecule has 5 aliphatic carbocycles. The third-order valence-electron chi connectivity index (χ3n) is 26.9. The lowest BCUT2D eigenvalue weighted by Crippen LogP contribution is -2.36. The summed E-state index contributed by atoms with van der Waals surface area (Å²) in [4.78, 5) is 112. The zero-order valence-corrected chi connectivity index (χ0v) is 79.6. The van der Waals surface area contributed by atoms with Gasteiger partial charge < -0.3 is 19.6 Å². The number of amides is 4. The number of Topliss-reactive ketones (excluding diaryl/α,β-unsaturated/α-hetero) is 4. The number of hydrogen-bond donors (Lipinski definition) is 0. The number of anilines is 4. The monoisotopic (exact) mass is 1950 g/mol. The second-order valence-corrected chi connectivity index (χ2v) is 37.2. The maximum absolute atomic E-state index is 13.6. The van der Waals surface area contributed by atoms with Crippen LogP contribution in [0.2, 0.25) is 0 Å². The van der Waals surface area contributed by atoms with Crippen molar-refractivity contribution in [3.63, 3.8) is 0 Å². The van der Waals surface area contributed by atoms with E-state index in [0.29, 0.717) is 148 Å². The van der Waals surface area contributed by atoms with Crippen LogP contribution in [0, 0.1) is 48.9 Å². The van der Waals surface area contributed by atoms with Crippen molar-refractivity contribution in [3.05, 3.63) is 296 Å². The number of aryl methyl sites for hydroxylation is 1. The molecule has 0 N–H and O–H groups in total. The van der Waals surface area contributed by atoms with Crippen LogP contribution in [0.25, 0.3) is 0 Å². The molecule has 0 unspecified atom stereocenters. The first-order chi connectivity index (χ1) is 67.3. The van der Waals surface area contributed by atoms with Gasteiger partial charge in [-0.3, -0.25) is 57.1 Å². The Morgan fingerprint density at radius 2 is 0.589 bits per heavy atom. The van der Waals surface area contributed by atoms with E-state index in [2.05, 4.69) is 26.3 Å². The van der Waals surface area contributed by atoms with Crippen LogP contribution in [0.15, 0.2) is 200 Å². The number of halogens is 12. The first kappa shape index (κ1) is 105. The Bertz CT molecular complexity index is 6220. The first-order valence-corrected chi connectivity index (χ1v) is 47.9. The summed E-state index contributed by atoms with van der Waals surface area (Å²) < 4.78 is 167. The summed E-state index contributed by atoms with van der Waals surface area (Å²) >= 11 is 0. The average Bonchev–Trinajstić information content (AvgIpc) is 1.64. The van der Waals surface area contributed by atoms with E-state index in [0.717, 1.165) is 72.9 Å². The molecular formula is C109H116F12N12O8. The highest BCUT2D eigenvalue weighted by Gasteiger charge is 2.45. The SMILES string of the molecule is C#Cc1cccc(C[C@H](CC(=O)Cn2nc(C(F)(F)F)c3c2CCCC3)C(=O)N(C)c2ccccc2)c1.CN(C(=O)[C@@H](CC(=O)Cn1nc(C(F)(F)F)c2c1CCCC2)CC1CCC1)c1ccccc1.CN(C(=O)[C@@H](CC(=O)Cn1nc(C(F)(F)F)c2c1CCCC2)Cc1ccccc1)c1ccccc1.Cc1cccc(C[C@H](CC(=O)Cn2nc(C(F)(F)F)c3c2CCCC3)C(=O)N(C)c2ccccc2)c1. The number of ketones is 4. The normalized spacial score (nSPS) is 14.9. The zero-order valence-electron chi connectivity index (χ0n) is 79.6. The summed E-state index contributed by atoms with van der Waals surface area (Å²) in [5.74, 6) is -1.56. The summed E-state index contributed by atoms with van der Waals surface area (Å²) in [7, 11) is 6.69. The lowest BCUT2D eigenvalue weighted by Gasteiger charge is -2.31. The van der Waals surface area contributed by atoms with Crippen LogP contribution in [0.4, 0.5) is 75.4 Å². The molecule has 4 aromatic heterocycles. The van der Waals surface area contributed by atoms with Crippen LogP contribution < -0.4 is 19.6 Å². The van der Waals surface area contributed by atoms with Crippen LogP contribution in [0.1, 0.15) is 198 Å². The lowest BCUT2D eigenvalue weighted by atomic mass is 9.77. The molecule has 0 radical (unpaired) electrons. The van der Waals surface area contributed by atoms with E-state index < -0.39 is 71.2 Å². The topological polar surface area (TPSA) is 221 Å². The van der Waals surface area contributed by atoms with E-state index in [4.69, 9.17) is 6.42 Å². The van der Waals surface area contributed by atoms with Crippen molar-refractivity contribution < 1.29 is 91.0 Å². The fourth-order valence-corrected chi connectivity index (χ4v) is 19.6. The number of rotatable bonds is 32. The molecule has 744 valence electrons. The van der Waals surface area contributed by atoms with Crippen LogP contribution >= 0.6 is 0 Å². The molecule has 0 bridgehead atoms. The molecule has 5 aliphatic rings. The molecule has 0 saturated heterocycles. The molecule has 1 saturated carbocycles. The first-order valence-electron chi connectivity index (χ1n) is 47.9. The minimum absolute atomic E-state index is 0.0164. The Labute approximate surface area is 812 Å². The molecule has 4 atom stereocenters. The molecule has 0 aliphatic heterocycles. The number of terminal acetylenes is 1. The zero-order chi connectivity index (χ0) is 101. The third kappa shape index (κ3) is 27.7. The van der Waals surface area contributed by atoms with Crippen molar-refractivity contribution in [2.24, 2.45) is 29.6 Å². The highest BCUT2D eigenvalue weighted by atomic mass is 19.4. The summed E-state index contributed by atoms with van der Waals surface area (Å²) in [6.07, 6.45) is 0.769. The van der Waals surface area contributed by atoms with E-state index in [1.807, 2.05) is 177 Å². The summed E-state index contributed by atoms with van der Waals surface area (Å²) in [5, 5.41) is 15.2. The molecular weight excluding hydrogens is 1830 g/mol. The van der Waals surface area contributed by atoms with Gasteiger partial charge in [0, 0.05) is 151 Å². The standard InChI is InChI=1S/C29H28F3N3O2.C28H30F3N3O2.C27H28F3N3O2.C25H30F3N3O2/c1-3-20-10-9-11-21(16-20)17-22(28(37)34(2)23-12-5-4-6-13-23)18-24(36)19-35-26-15-8-7-14-25(26)27(33-35)29(30,31)32;1-19-9-8-10-20(15-19)16-21(27(36)33(2)22-11-4-3-5-12-22)17-23(35)18-34-25-14-7-6-13-24(25)26(32-34)28(29,30)31;1-32(21-12-6-3-7-13-21)26(35)20(16-19-10-4-2-5-11-19)17-22(34)18-33-24-15-9-8-14-23(24)25(31-33)27(28,29)30;1-30(19-10-3-2-4-11-19)24(33)18(14-17-8-7-9-17)15-20(32)16-31-22-13-6-5-12-21(22)23(29-31)25(26,27)28/h1,4-6,9-13,16,22H,7-8,14-15,17-19H2,2H3;3-5,8-12,15,21H,6-7,13-14,16-18H2,1-2H3;2-7,10-13,20H,8-9,14-18H2,1H3;2-4,10-11,17-18H,5-9,12-16H2,1H3/t22-;21-;20-;18-/m1111/s1. The molecule has 4 amide bonds. The van der Waals surface area contributed by atoms with Gasteiger partial charge in [-0.1, -0.05) is 170 Å². The minimum atomic E-state index is -4.57. The fourth-order valence-electron chi connectivity index (χ4n) is 19.6. The van der Waals surface area contributed by atoms with Gasteiger partial charge in [0.25, 0.3) is 0 Å². The van der Waals surface area contributed by atoms with Crippen molar-refractivity contribution >= 4 is 69.5 Å². The molecule has 16 rings (SSSR count). The van der Waals surface area contributed by atoms with E-state index in [1.54, 1.807) is 63.4 Å². The van der Waals surface area contributed by atoms with Gasteiger partial charge in [0.05, 0.1) is 26.2 Å². The van der Waals surface area contributed by atoms with Crippen LogP contribution in [0.5, 0.6) is 0 Å². The van der Waals surface area contributed by atoms with E-state index in [9.17, 15) is 91.0 Å². The van der Waals surface area contributed by atoms with Crippen molar-refractivity contribution in [1.82, 2.24) is 39.1 Å². The predicted molar refractivity (Wildman–Crippen MR) is 512 cm³/mol. The molecule has 1 fully saturated rings. The number of carbonyl (C=O) groups is 8. The van der Waals surface area contributed by atoms with E-state index in [-0.39, 0.29) is 127 Å². The van der Waals surface area contributed by atoms with Crippen molar-refractivity contribution in [1.29, 1.82) is 0 Å². The number of alkyl halides is 12. The number of para-hydroxylation sites is 4. The number of carbonyl (C=O) groups excluding carboxylic acids is 8. The van der Waals surface area contributed by atoms with Gasteiger partial charge in [-0.25, -0.2) is 0 Å². The van der Waals surface area contributed by atoms with Crippen molar-refractivity contribution in [2.75, 3.05) is 47.8 Å². The van der Waals surface area contributed by atoms with Gasteiger partial charge in [-0.2, -0.15) is 73.1 Å². The summed E-state index contributed by atoms with van der Waals surface area (Å²) in [6.45, 7) is 0.890. The number of aromatic nitrogens is 8. The number of fused-ring (bicyclic) bond motifs is 4. The molecule has 7 aromatic carbocycles. The van der Waals surface area contributed by atoms with E-state index >= 15 is 0 Å². The maximum atomic E-state index is 13.6. The number of hydrogen-bond acceptors (Lipinski definition) is 12. The Morgan fingerprint density at radius 1 is 0.333 bits per heavy atom. The molecule has 4 heterocycles. The predicted octanol–water partition coefficient (Wildman–Crippen LogP) is 21.3. The van der Waals surface area contributed by atoms with Gasteiger partial charge in [-0.15, -0.1) is 6.42 Å². The lowest BCUT2D eigenvalue weighted by molar-refractivity contribution is -0.143. The molecule has 141 heavy (non-hydrogen) atoms. The van der Waals surface area contributed by atoms with Gasteiger partial charge in [0.1, 0.15) is 0 Å². The highest BCUT2D eigenvalue weighted by molar-refractivity contribution is 6.00. The van der Waals surface area contributed by atoms with Gasteiger partial charge in [0.15, 0.2) is 45.9 Å². The third-order valence-corrected chi connectivity index (χ3v) is 26.9. The van der Waals surface area contributed by atoms with Crippen molar-refractivity contribution in [2.45, 2.75) is 231 Å². The molecule has 11 aromatic rings. The highest BCUT2D eigenvalue weighted by Crippen LogP contribution is 2.43. The molecule has 0 spiro atoms. The molecule has 20 nitrogen and oxygen atoms in total. The van der Waals surface area contributed by atoms with Crippen LogP contribution in [0.3, 0.4) is 0 Å². The Kier molecular flexibility index (Phi) is 35.2. The Hall–Kier alpha value is -13.3. The quantitative estimate of drug-likeness (QED) is 0.0284. The average molecular weight is 1950 g/mol. The second-order valence-electron chi connectivity index (χ2n) is 37.2. The second kappa shape index (κ2) is 47.3. The van der Waals surface area contributed by atoms with Crippen LogP contribution in [-0.2, 0) is 160 Å². The van der Waals surface area contributed by atoms with Crippen molar-refractivity contribution in [3.8, 4) is 12.3 Å². The van der Waals surface area contributed by atoms with Gasteiger partial charge in [0.2, 0.25) is 23.6 Å². The Morgan fingerprint density at radius 3 is 0.865 bits per heavy atom. The number of benzene rings is 7. The summed E-state index contributed by atoms with van der Waals surface area (Å²) in [5.41, 5.74) is 6.46. The summed E-state index contributed by atoms with van der Waals surface area (Å²) in [6, 6.07) is 61.0. The molecule has 32 heteroatoms. The fraction of sp³-hybridized carbons (Fsp3) is 0.413. The smallest absolute Gasteiger partial charge is 0.315 e. The van der Waals surface area contributed by atoms with E-state index in [1.165, 1.54) is 33.4 Å². The van der Waals surface area contributed by atoms with Gasteiger partial charge in [-0.05, 0) is 219 Å².